The number of hydrogen-bond acceptors (Lipinski definition) is 3. The third-order valence-corrected chi connectivity index (χ3v) is 4.11. The van der Waals surface area contributed by atoms with E-state index in [1.54, 1.807) is 0 Å². The molecule has 0 unspecified atom stereocenters. The number of carboxylic acids is 1. The quantitative estimate of drug-likeness (QED) is 0.738. The first-order valence-corrected chi connectivity index (χ1v) is 6.41. The molecule has 16 heavy (non-hydrogen) atoms. The van der Waals surface area contributed by atoms with E-state index in [9.17, 15) is 4.79 Å². The smallest absolute Gasteiger partial charge is 0.309 e. The van der Waals surface area contributed by atoms with Crippen molar-refractivity contribution in [1.82, 2.24) is 4.90 Å². The Morgan fingerprint density at radius 2 is 1.88 bits per heavy atom. The van der Waals surface area contributed by atoms with Crippen molar-refractivity contribution in [3.63, 3.8) is 0 Å². The zero-order valence-corrected chi connectivity index (χ0v) is 9.77. The molecule has 0 radical (unpaired) electrons. The predicted molar refractivity (Wildman–Crippen MR) is 62.2 cm³/mol. The first-order chi connectivity index (χ1) is 7.68. The van der Waals surface area contributed by atoms with E-state index in [1.165, 1.54) is 32.1 Å². The maximum Gasteiger partial charge on any atom is 0.309 e. The van der Waals surface area contributed by atoms with Gasteiger partial charge in [-0.3, -0.25) is 9.69 Å². The summed E-state index contributed by atoms with van der Waals surface area (Å²) in [6.07, 6.45) is 7.23. The van der Waals surface area contributed by atoms with E-state index in [2.05, 4.69) is 4.90 Å². The van der Waals surface area contributed by atoms with Crippen LogP contribution in [-0.2, 0) is 4.79 Å². The van der Waals surface area contributed by atoms with Crippen LogP contribution in [0.15, 0.2) is 0 Å². The lowest BCUT2D eigenvalue weighted by Gasteiger charge is -2.41. The number of piperidine rings is 1. The van der Waals surface area contributed by atoms with Crippen molar-refractivity contribution in [2.45, 2.75) is 50.6 Å². The van der Waals surface area contributed by atoms with Crippen LogP contribution < -0.4 is 5.73 Å². The first kappa shape index (κ1) is 11.9. The third kappa shape index (κ3) is 2.55. The average molecular weight is 226 g/mol. The molecule has 1 heterocycles. The van der Waals surface area contributed by atoms with Gasteiger partial charge in [0.25, 0.3) is 0 Å². The van der Waals surface area contributed by atoms with Gasteiger partial charge in [0.1, 0.15) is 0 Å². The highest BCUT2D eigenvalue weighted by Crippen LogP contribution is 2.26. The Morgan fingerprint density at radius 1 is 1.19 bits per heavy atom. The van der Waals surface area contributed by atoms with Gasteiger partial charge in [0.05, 0.1) is 5.92 Å². The standard InChI is InChI=1S/C12H22N2O2/c13-11-6-7-14(8-10(11)12(15)16)9-4-2-1-3-5-9/h9-11H,1-8,13H2,(H,15,16)/t10-,11-/m1/s1. The van der Waals surface area contributed by atoms with Gasteiger partial charge in [-0.15, -0.1) is 0 Å². The van der Waals surface area contributed by atoms with Crippen LogP contribution >= 0.6 is 0 Å². The Bertz CT molecular complexity index is 251. The summed E-state index contributed by atoms with van der Waals surface area (Å²) < 4.78 is 0. The number of hydrogen-bond donors (Lipinski definition) is 2. The van der Waals surface area contributed by atoms with Crippen LogP contribution in [0.3, 0.4) is 0 Å². The number of aliphatic carboxylic acids is 1. The van der Waals surface area contributed by atoms with Crippen molar-refractivity contribution in [3.05, 3.63) is 0 Å². The number of nitrogens with two attached hydrogens (primary N) is 1. The normalized spacial score (nSPS) is 33.8. The van der Waals surface area contributed by atoms with E-state index in [-0.39, 0.29) is 12.0 Å². The summed E-state index contributed by atoms with van der Waals surface area (Å²) in [5, 5.41) is 9.12. The lowest BCUT2D eigenvalue weighted by atomic mass is 9.88. The van der Waals surface area contributed by atoms with E-state index in [0.717, 1.165) is 13.0 Å². The molecule has 0 aromatic heterocycles. The average Bonchev–Trinajstić information content (AvgIpc) is 2.30. The van der Waals surface area contributed by atoms with Crippen molar-refractivity contribution in [1.29, 1.82) is 0 Å². The molecule has 2 atom stereocenters. The SMILES string of the molecule is N[C@@H]1CCN(C2CCCCC2)C[C@H]1C(=O)O. The fourth-order valence-electron chi connectivity index (χ4n) is 3.03. The molecular formula is C12H22N2O2. The molecule has 2 rings (SSSR count). The molecule has 1 aliphatic carbocycles. The molecule has 0 aromatic rings. The Kier molecular flexibility index (Phi) is 3.82. The molecule has 92 valence electrons. The molecule has 1 saturated heterocycles. The number of carboxylic acid groups (broad SMARTS) is 1. The molecule has 1 saturated carbocycles. The molecule has 3 N–H and O–H groups in total. The minimum atomic E-state index is -0.729. The first-order valence-electron chi connectivity index (χ1n) is 6.41. The largest absolute Gasteiger partial charge is 0.481 e. The number of nitrogens with zero attached hydrogens (tertiary/aromatic N) is 1. The van der Waals surface area contributed by atoms with Crippen molar-refractivity contribution in [2.75, 3.05) is 13.1 Å². The van der Waals surface area contributed by atoms with E-state index < -0.39 is 5.97 Å². The van der Waals surface area contributed by atoms with Gasteiger partial charge in [-0.2, -0.15) is 0 Å². The summed E-state index contributed by atoms with van der Waals surface area (Å²) in [5.41, 5.74) is 5.86. The summed E-state index contributed by atoms with van der Waals surface area (Å²) >= 11 is 0. The summed E-state index contributed by atoms with van der Waals surface area (Å²) in [7, 11) is 0. The maximum atomic E-state index is 11.1. The van der Waals surface area contributed by atoms with Gasteiger partial charge in [0.15, 0.2) is 0 Å². The van der Waals surface area contributed by atoms with Gasteiger partial charge in [-0.25, -0.2) is 0 Å². The lowest BCUT2D eigenvalue weighted by molar-refractivity contribution is -0.144. The molecular weight excluding hydrogens is 204 g/mol. The summed E-state index contributed by atoms with van der Waals surface area (Å²) in [4.78, 5) is 13.4. The minimum absolute atomic E-state index is 0.155. The minimum Gasteiger partial charge on any atom is -0.481 e. The highest BCUT2D eigenvalue weighted by Gasteiger charge is 2.34. The zero-order chi connectivity index (χ0) is 11.5. The molecule has 2 aliphatic rings. The molecule has 1 aliphatic heterocycles. The second-order valence-corrected chi connectivity index (χ2v) is 5.18. The van der Waals surface area contributed by atoms with Gasteiger partial charge in [-0.1, -0.05) is 19.3 Å². The van der Waals surface area contributed by atoms with Crippen molar-refractivity contribution < 1.29 is 9.90 Å². The predicted octanol–water partition coefficient (Wildman–Crippen LogP) is 1.05. The molecule has 0 amide bonds. The second-order valence-electron chi connectivity index (χ2n) is 5.18. The van der Waals surface area contributed by atoms with E-state index in [1.807, 2.05) is 0 Å². The maximum absolute atomic E-state index is 11.1. The van der Waals surface area contributed by atoms with Crippen LogP contribution in [0.4, 0.5) is 0 Å². The highest BCUT2D eigenvalue weighted by atomic mass is 16.4. The summed E-state index contributed by atoms with van der Waals surface area (Å²) in [5.74, 6) is -1.09. The second kappa shape index (κ2) is 5.15. The fourth-order valence-corrected chi connectivity index (χ4v) is 3.03. The van der Waals surface area contributed by atoms with Crippen LogP contribution in [0.25, 0.3) is 0 Å². The van der Waals surface area contributed by atoms with Crippen molar-refractivity contribution in [2.24, 2.45) is 11.7 Å². The third-order valence-electron chi connectivity index (χ3n) is 4.11. The van der Waals surface area contributed by atoms with Crippen LogP contribution in [0.1, 0.15) is 38.5 Å². The lowest BCUT2D eigenvalue weighted by Crippen LogP contribution is -2.53. The zero-order valence-electron chi connectivity index (χ0n) is 9.77. The van der Waals surface area contributed by atoms with Crippen molar-refractivity contribution >= 4 is 5.97 Å². The Hall–Kier alpha value is -0.610. The van der Waals surface area contributed by atoms with E-state index >= 15 is 0 Å². The van der Waals surface area contributed by atoms with Gasteiger partial charge < -0.3 is 10.8 Å². The Morgan fingerprint density at radius 3 is 2.50 bits per heavy atom. The molecule has 2 fully saturated rings. The summed E-state index contributed by atoms with van der Waals surface area (Å²) in [6, 6.07) is 0.459. The molecule has 4 heteroatoms. The van der Waals surface area contributed by atoms with E-state index in [4.69, 9.17) is 10.8 Å². The van der Waals surface area contributed by atoms with Crippen LogP contribution in [0.5, 0.6) is 0 Å². The molecule has 0 aromatic carbocycles. The Labute approximate surface area is 96.8 Å². The van der Waals surface area contributed by atoms with Crippen LogP contribution in [-0.4, -0.2) is 41.1 Å². The van der Waals surface area contributed by atoms with Gasteiger partial charge >= 0.3 is 5.97 Å². The van der Waals surface area contributed by atoms with Crippen LogP contribution in [0, 0.1) is 5.92 Å². The summed E-state index contributed by atoms with van der Waals surface area (Å²) in [6.45, 7) is 1.64. The Balaban J connectivity index is 1.93. The molecule has 0 bridgehead atoms. The van der Waals surface area contributed by atoms with Gasteiger partial charge in [0.2, 0.25) is 0 Å². The number of rotatable bonds is 2. The highest BCUT2D eigenvalue weighted by molar-refractivity contribution is 5.71. The monoisotopic (exact) mass is 226 g/mol. The van der Waals surface area contributed by atoms with Crippen LogP contribution in [0.2, 0.25) is 0 Å². The van der Waals surface area contributed by atoms with E-state index in [0.29, 0.717) is 12.6 Å². The van der Waals surface area contributed by atoms with Gasteiger partial charge in [0, 0.05) is 18.6 Å². The number of likely N-dealkylation sites (tertiary alicyclic amines) is 1. The van der Waals surface area contributed by atoms with Gasteiger partial charge in [-0.05, 0) is 25.8 Å². The topological polar surface area (TPSA) is 66.6 Å². The number of carbonyl (C=O) groups is 1. The molecule has 0 spiro atoms. The van der Waals surface area contributed by atoms with Crippen molar-refractivity contribution in [3.8, 4) is 0 Å². The fraction of sp³-hybridized carbons (Fsp3) is 0.917. The molecule has 4 nitrogen and oxygen atoms in total.